The van der Waals surface area contributed by atoms with E-state index in [-0.39, 0.29) is 29.8 Å². The van der Waals surface area contributed by atoms with Gasteiger partial charge in [0.2, 0.25) is 5.91 Å². The smallest absolute Gasteiger partial charge is 0.272 e. The minimum atomic E-state index is -0.731. The Labute approximate surface area is 243 Å². The van der Waals surface area contributed by atoms with Gasteiger partial charge in [-0.2, -0.15) is 5.26 Å². The molecule has 42 heavy (non-hydrogen) atoms. The highest BCUT2D eigenvalue weighted by atomic mass is 16.2. The number of H-pyrrole nitrogens is 1. The number of hydrogen-bond donors (Lipinski definition) is 2. The molecule has 0 saturated carbocycles. The maximum Gasteiger partial charge on any atom is 0.272 e. The van der Waals surface area contributed by atoms with Crippen LogP contribution in [-0.4, -0.2) is 73.7 Å². The molecule has 2 aliphatic rings. The van der Waals surface area contributed by atoms with Crippen molar-refractivity contribution in [1.82, 2.24) is 30.1 Å². The molecule has 1 aromatic carbocycles. The third kappa shape index (κ3) is 4.98. The van der Waals surface area contributed by atoms with Gasteiger partial charge in [-0.15, -0.1) is 0 Å². The number of pyridine rings is 2. The first-order valence-corrected chi connectivity index (χ1v) is 13.9. The van der Waals surface area contributed by atoms with Gasteiger partial charge in [-0.05, 0) is 42.2 Å². The summed E-state index contributed by atoms with van der Waals surface area (Å²) in [6, 6.07) is 17.4. The molecule has 2 aliphatic heterocycles. The normalized spacial score (nSPS) is 18.6. The molecule has 2 bridgehead atoms. The van der Waals surface area contributed by atoms with Crippen molar-refractivity contribution in [2.24, 2.45) is 5.41 Å². The van der Waals surface area contributed by atoms with E-state index in [2.05, 4.69) is 20.3 Å². The highest BCUT2D eigenvalue weighted by Gasteiger charge is 2.50. The van der Waals surface area contributed by atoms with Crippen molar-refractivity contribution in [3.8, 4) is 17.2 Å². The summed E-state index contributed by atoms with van der Waals surface area (Å²) >= 11 is 0. The molecule has 212 valence electrons. The van der Waals surface area contributed by atoms with E-state index >= 15 is 0 Å². The monoisotopic (exact) mass is 561 g/mol. The summed E-state index contributed by atoms with van der Waals surface area (Å²) in [5.74, 6) is -0.629. The van der Waals surface area contributed by atoms with E-state index in [0.29, 0.717) is 36.6 Å². The number of aromatic nitrogens is 3. The Morgan fingerprint density at radius 2 is 1.67 bits per heavy atom. The van der Waals surface area contributed by atoms with Gasteiger partial charge in [-0.1, -0.05) is 45.0 Å². The standard InChI is InChI=1S/C32H31N7O3/c1-32(2,3)28(37-29(40)27-12-19-6-4-5-7-25(19)36-27)31(42)39-18-23-13-24(39)17-38(23)30(41)26-11-9-21(16-35-26)20-8-10-22(14-33)34-15-20/h4-12,15-16,23-24,28,36H,13,17-18H2,1-3H3,(H,37,40)/t23?,24-,28+/m0/s1. The Kier molecular flexibility index (Phi) is 6.73. The van der Waals surface area contributed by atoms with Gasteiger partial charge < -0.3 is 20.1 Å². The van der Waals surface area contributed by atoms with Crippen LogP contribution in [0.3, 0.4) is 0 Å². The molecule has 0 radical (unpaired) electrons. The summed E-state index contributed by atoms with van der Waals surface area (Å²) in [7, 11) is 0. The molecule has 3 amide bonds. The molecule has 10 nitrogen and oxygen atoms in total. The van der Waals surface area contributed by atoms with E-state index in [9.17, 15) is 14.4 Å². The summed E-state index contributed by atoms with van der Waals surface area (Å²) in [4.78, 5) is 55.7. The van der Waals surface area contributed by atoms with Gasteiger partial charge in [0.1, 0.15) is 29.2 Å². The number of aromatic amines is 1. The molecule has 3 aromatic heterocycles. The fourth-order valence-corrected chi connectivity index (χ4v) is 5.87. The quantitative estimate of drug-likeness (QED) is 0.381. The number of piperazine rings is 1. The van der Waals surface area contributed by atoms with Crippen LogP contribution in [0.25, 0.3) is 22.0 Å². The fraction of sp³-hybridized carbons (Fsp3) is 0.312. The third-order valence-corrected chi connectivity index (χ3v) is 8.14. The second-order valence-electron chi connectivity index (χ2n) is 12.0. The zero-order chi connectivity index (χ0) is 29.6. The minimum absolute atomic E-state index is 0.110. The first-order valence-electron chi connectivity index (χ1n) is 13.9. The Hall–Kier alpha value is -5.04. The summed E-state index contributed by atoms with van der Waals surface area (Å²) in [5, 5.41) is 12.9. The number of fused-ring (bicyclic) bond motifs is 3. The lowest BCUT2D eigenvalue weighted by atomic mass is 9.85. The largest absolute Gasteiger partial charge is 0.351 e. The van der Waals surface area contributed by atoms with Crippen molar-refractivity contribution in [1.29, 1.82) is 5.26 Å². The molecule has 2 saturated heterocycles. The molecule has 0 aliphatic carbocycles. The van der Waals surface area contributed by atoms with Crippen molar-refractivity contribution >= 4 is 28.6 Å². The molecule has 0 spiro atoms. The van der Waals surface area contributed by atoms with Crippen LogP contribution in [0.1, 0.15) is 53.9 Å². The average Bonchev–Trinajstić information content (AvgIpc) is 3.73. The zero-order valence-corrected chi connectivity index (χ0v) is 23.7. The SMILES string of the molecule is CC(C)(C)[C@H](NC(=O)c1cc2ccccc2[nH]1)C(=O)N1CC2C[C@H]1CN2C(=O)c1ccc(-c2ccc(C#N)nc2)cn1. The van der Waals surface area contributed by atoms with Gasteiger partial charge in [-0.25, -0.2) is 4.98 Å². The highest BCUT2D eigenvalue weighted by Crippen LogP contribution is 2.34. The van der Waals surface area contributed by atoms with Crippen LogP contribution in [0.2, 0.25) is 0 Å². The molecule has 6 rings (SSSR count). The Morgan fingerprint density at radius 3 is 2.26 bits per heavy atom. The lowest BCUT2D eigenvalue weighted by Gasteiger charge is -2.39. The van der Waals surface area contributed by atoms with Gasteiger partial charge in [-0.3, -0.25) is 19.4 Å². The number of rotatable bonds is 5. The molecule has 2 fully saturated rings. The Bertz CT molecular complexity index is 1680. The lowest BCUT2D eigenvalue weighted by molar-refractivity contribution is -0.138. The van der Waals surface area contributed by atoms with Crippen LogP contribution in [0.5, 0.6) is 0 Å². The van der Waals surface area contributed by atoms with Crippen LogP contribution in [0.4, 0.5) is 0 Å². The molecule has 2 N–H and O–H groups in total. The topological polar surface area (TPSA) is 135 Å². The predicted molar refractivity (Wildman–Crippen MR) is 156 cm³/mol. The molecular weight excluding hydrogens is 530 g/mol. The van der Waals surface area contributed by atoms with Gasteiger partial charge >= 0.3 is 0 Å². The number of likely N-dealkylation sites (tertiary alicyclic amines) is 2. The number of nitriles is 1. The fourth-order valence-electron chi connectivity index (χ4n) is 5.87. The second kappa shape index (κ2) is 10.4. The van der Waals surface area contributed by atoms with Gasteiger partial charge in [0.05, 0.1) is 12.1 Å². The molecule has 4 aromatic rings. The van der Waals surface area contributed by atoms with E-state index < -0.39 is 11.5 Å². The molecule has 5 heterocycles. The molecule has 3 atom stereocenters. The van der Waals surface area contributed by atoms with Crippen LogP contribution >= 0.6 is 0 Å². The number of para-hydroxylation sites is 1. The minimum Gasteiger partial charge on any atom is -0.351 e. The number of amides is 3. The van der Waals surface area contributed by atoms with E-state index in [1.807, 2.05) is 62.1 Å². The highest BCUT2D eigenvalue weighted by molar-refractivity contribution is 6.00. The maximum absolute atomic E-state index is 13.8. The number of nitrogens with one attached hydrogen (secondary N) is 2. The summed E-state index contributed by atoms with van der Waals surface area (Å²) in [5.41, 5.74) is 3.02. The van der Waals surface area contributed by atoms with Gasteiger partial charge in [0, 0.05) is 47.5 Å². The number of benzene rings is 1. The first-order chi connectivity index (χ1) is 20.1. The lowest BCUT2D eigenvalue weighted by Crippen LogP contribution is -2.59. The van der Waals surface area contributed by atoms with E-state index in [1.165, 1.54) is 0 Å². The van der Waals surface area contributed by atoms with E-state index in [1.54, 1.807) is 41.6 Å². The average molecular weight is 562 g/mol. The second-order valence-corrected chi connectivity index (χ2v) is 12.0. The van der Waals surface area contributed by atoms with Crippen LogP contribution in [-0.2, 0) is 4.79 Å². The van der Waals surface area contributed by atoms with Gasteiger partial charge in [0.15, 0.2) is 0 Å². The zero-order valence-electron chi connectivity index (χ0n) is 23.7. The molecular formula is C32H31N7O3. The van der Waals surface area contributed by atoms with Crippen molar-refractivity contribution in [2.45, 2.75) is 45.3 Å². The van der Waals surface area contributed by atoms with Gasteiger partial charge in [0.25, 0.3) is 11.8 Å². The number of carbonyl (C=O) groups is 3. The molecule has 10 heteroatoms. The van der Waals surface area contributed by atoms with Crippen LogP contribution < -0.4 is 5.32 Å². The van der Waals surface area contributed by atoms with Crippen LogP contribution in [0.15, 0.2) is 67.0 Å². The number of carbonyl (C=O) groups excluding carboxylic acids is 3. The number of nitrogens with zero attached hydrogens (tertiary/aromatic N) is 5. The predicted octanol–water partition coefficient (Wildman–Crippen LogP) is 3.77. The first kappa shape index (κ1) is 27.1. The Balaban J connectivity index is 1.12. The summed E-state index contributed by atoms with van der Waals surface area (Å²) in [6.07, 6.45) is 3.93. The Morgan fingerprint density at radius 1 is 0.976 bits per heavy atom. The number of hydrogen-bond acceptors (Lipinski definition) is 6. The third-order valence-electron chi connectivity index (χ3n) is 8.14. The van der Waals surface area contributed by atoms with E-state index in [0.717, 1.165) is 22.0 Å². The summed E-state index contributed by atoms with van der Waals surface area (Å²) < 4.78 is 0. The van der Waals surface area contributed by atoms with Crippen molar-refractivity contribution in [2.75, 3.05) is 13.1 Å². The van der Waals surface area contributed by atoms with Crippen molar-refractivity contribution in [3.05, 3.63) is 84.1 Å². The molecule has 1 unspecified atom stereocenters. The van der Waals surface area contributed by atoms with E-state index in [4.69, 9.17) is 5.26 Å². The van der Waals surface area contributed by atoms with Crippen molar-refractivity contribution in [3.63, 3.8) is 0 Å². The maximum atomic E-state index is 13.8. The summed E-state index contributed by atoms with van der Waals surface area (Å²) in [6.45, 7) is 6.65. The van der Waals surface area contributed by atoms with Crippen molar-refractivity contribution < 1.29 is 14.4 Å². The van der Waals surface area contributed by atoms with Crippen LogP contribution in [0, 0.1) is 16.7 Å².